The van der Waals surface area contributed by atoms with Gasteiger partial charge in [0.1, 0.15) is 0 Å². The minimum absolute atomic E-state index is 0.142. The number of rotatable bonds is 9. The van der Waals surface area contributed by atoms with Gasteiger partial charge in [-0.05, 0) is 30.5 Å². The van der Waals surface area contributed by atoms with E-state index in [1.54, 1.807) is 14.2 Å². The topological polar surface area (TPSA) is 96.6 Å². The first kappa shape index (κ1) is 21.7. The summed E-state index contributed by atoms with van der Waals surface area (Å²) in [6.45, 7) is 3.64. The Labute approximate surface area is 176 Å². The number of hydrogen-bond acceptors (Lipinski definition) is 5. The molecule has 0 saturated heterocycles. The number of H-pyrrole nitrogens is 1. The van der Waals surface area contributed by atoms with Gasteiger partial charge in [-0.15, -0.1) is 0 Å². The van der Waals surface area contributed by atoms with Crippen LogP contribution in [-0.4, -0.2) is 54.2 Å². The molecular weight excluding hydrogens is 384 g/mol. The molecule has 0 atom stereocenters. The Morgan fingerprint density at radius 2 is 2.03 bits per heavy atom. The molecule has 0 unspecified atom stereocenters. The molecule has 1 aromatic heterocycles. The lowest BCUT2D eigenvalue weighted by atomic mass is 10.0. The minimum Gasteiger partial charge on any atom is -0.493 e. The highest BCUT2D eigenvalue weighted by Crippen LogP contribution is 2.27. The van der Waals surface area contributed by atoms with Crippen LogP contribution < -0.4 is 14.8 Å². The number of nitrogens with zero attached hydrogens (tertiary/aromatic N) is 2. The zero-order valence-electron chi connectivity index (χ0n) is 17.9. The molecule has 3 rings (SSSR count). The van der Waals surface area contributed by atoms with Crippen LogP contribution in [0.1, 0.15) is 53.5 Å². The molecule has 1 aromatic carbocycles. The first-order chi connectivity index (χ1) is 14.6. The van der Waals surface area contributed by atoms with E-state index < -0.39 is 0 Å². The molecule has 0 fully saturated rings. The van der Waals surface area contributed by atoms with E-state index >= 15 is 0 Å². The van der Waals surface area contributed by atoms with E-state index in [-0.39, 0.29) is 11.8 Å². The van der Waals surface area contributed by atoms with Gasteiger partial charge in [-0.25, -0.2) is 0 Å². The lowest BCUT2D eigenvalue weighted by molar-refractivity contribution is -0.132. The third kappa shape index (κ3) is 4.93. The second-order valence-electron chi connectivity index (χ2n) is 7.39. The van der Waals surface area contributed by atoms with Crippen LogP contribution >= 0.6 is 0 Å². The maximum Gasteiger partial charge on any atom is 0.272 e. The number of hydrogen-bond donors (Lipinski definition) is 2. The summed E-state index contributed by atoms with van der Waals surface area (Å²) in [5, 5.41) is 10.1. The Kier molecular flexibility index (Phi) is 7.32. The highest BCUT2D eigenvalue weighted by molar-refractivity contribution is 5.94. The molecule has 30 heavy (non-hydrogen) atoms. The summed E-state index contributed by atoms with van der Waals surface area (Å²) in [7, 11) is 3.20. The molecule has 2 heterocycles. The third-order valence-corrected chi connectivity index (χ3v) is 5.39. The van der Waals surface area contributed by atoms with Crippen LogP contribution in [0, 0.1) is 0 Å². The molecule has 0 radical (unpaired) electrons. The number of aromatic nitrogens is 2. The molecule has 0 saturated carbocycles. The van der Waals surface area contributed by atoms with Crippen molar-refractivity contribution < 1.29 is 19.1 Å². The number of amides is 2. The summed E-state index contributed by atoms with van der Waals surface area (Å²) in [6, 6.07) is 5.70. The van der Waals surface area contributed by atoms with Crippen molar-refractivity contribution in [2.75, 3.05) is 27.3 Å². The highest BCUT2D eigenvalue weighted by atomic mass is 16.5. The van der Waals surface area contributed by atoms with Crippen molar-refractivity contribution in [2.24, 2.45) is 0 Å². The monoisotopic (exact) mass is 414 g/mol. The second kappa shape index (κ2) is 10.1. The van der Waals surface area contributed by atoms with Crippen LogP contribution in [0.25, 0.3) is 0 Å². The van der Waals surface area contributed by atoms with E-state index in [1.807, 2.05) is 23.1 Å². The third-order valence-electron chi connectivity index (χ3n) is 5.39. The summed E-state index contributed by atoms with van der Waals surface area (Å²) in [6.07, 6.45) is 3.78. The van der Waals surface area contributed by atoms with Gasteiger partial charge in [-0.2, -0.15) is 5.10 Å². The average Bonchev–Trinajstić information content (AvgIpc) is 3.20. The standard InChI is InChI=1S/C22H30N4O4/c1-4-5-6-20(27)26-12-10-17-16(14-26)21(25-24-17)22(28)23-11-9-15-7-8-18(29-2)19(13-15)30-3/h7-8,13H,4-6,9-12,14H2,1-3H3,(H,23,28)(H,24,25). The highest BCUT2D eigenvalue weighted by Gasteiger charge is 2.27. The van der Waals surface area contributed by atoms with Crippen molar-refractivity contribution in [1.82, 2.24) is 20.4 Å². The van der Waals surface area contributed by atoms with Gasteiger partial charge in [-0.3, -0.25) is 14.7 Å². The number of aromatic amines is 1. The molecule has 8 heteroatoms. The molecule has 2 amide bonds. The fourth-order valence-corrected chi connectivity index (χ4v) is 3.62. The summed E-state index contributed by atoms with van der Waals surface area (Å²) in [5.74, 6) is 1.25. The Morgan fingerprint density at radius 3 is 2.77 bits per heavy atom. The molecule has 1 aliphatic rings. The summed E-state index contributed by atoms with van der Waals surface area (Å²) in [4.78, 5) is 26.9. The fourth-order valence-electron chi connectivity index (χ4n) is 3.62. The fraction of sp³-hybridized carbons (Fsp3) is 0.500. The molecule has 0 aliphatic carbocycles. The number of nitrogens with one attached hydrogen (secondary N) is 2. The number of unbranched alkanes of at least 4 members (excludes halogenated alkanes) is 1. The number of fused-ring (bicyclic) bond motifs is 1. The normalized spacial score (nSPS) is 13.0. The van der Waals surface area contributed by atoms with Gasteiger partial charge in [-0.1, -0.05) is 19.4 Å². The molecule has 2 aromatic rings. The quantitative estimate of drug-likeness (QED) is 0.657. The smallest absolute Gasteiger partial charge is 0.272 e. The Morgan fingerprint density at radius 1 is 1.23 bits per heavy atom. The molecule has 1 aliphatic heterocycles. The summed E-state index contributed by atoms with van der Waals surface area (Å²) < 4.78 is 10.6. The van der Waals surface area contributed by atoms with Crippen molar-refractivity contribution in [2.45, 2.75) is 45.6 Å². The van der Waals surface area contributed by atoms with E-state index in [2.05, 4.69) is 22.4 Å². The van der Waals surface area contributed by atoms with E-state index in [1.165, 1.54) is 0 Å². The maximum absolute atomic E-state index is 12.7. The van der Waals surface area contributed by atoms with Crippen LogP contribution in [0.2, 0.25) is 0 Å². The molecule has 0 bridgehead atoms. The number of carbonyl (C=O) groups is 2. The van der Waals surface area contributed by atoms with Gasteiger partial charge in [0.25, 0.3) is 5.91 Å². The van der Waals surface area contributed by atoms with Gasteiger partial charge in [0.15, 0.2) is 17.2 Å². The van der Waals surface area contributed by atoms with Gasteiger partial charge in [0.2, 0.25) is 5.91 Å². The SMILES string of the molecule is CCCCC(=O)N1CCc2[nH]nc(C(=O)NCCc3ccc(OC)c(OC)c3)c2C1. The Balaban J connectivity index is 1.58. The molecule has 8 nitrogen and oxygen atoms in total. The molecule has 162 valence electrons. The number of benzene rings is 1. The van der Waals surface area contributed by atoms with Crippen LogP contribution in [0.15, 0.2) is 18.2 Å². The van der Waals surface area contributed by atoms with Crippen molar-refractivity contribution in [3.63, 3.8) is 0 Å². The van der Waals surface area contributed by atoms with Gasteiger partial charge < -0.3 is 19.7 Å². The van der Waals surface area contributed by atoms with Crippen LogP contribution in [0.5, 0.6) is 11.5 Å². The molecular formula is C22H30N4O4. The Hall–Kier alpha value is -3.03. The maximum atomic E-state index is 12.7. The predicted octanol–water partition coefficient (Wildman–Crippen LogP) is 2.47. The van der Waals surface area contributed by atoms with Gasteiger partial charge in [0, 0.05) is 43.7 Å². The number of ether oxygens (including phenoxy) is 2. The Bertz CT molecular complexity index is 893. The first-order valence-corrected chi connectivity index (χ1v) is 10.4. The van der Waals surface area contributed by atoms with E-state index in [9.17, 15) is 9.59 Å². The predicted molar refractivity (Wildman–Crippen MR) is 113 cm³/mol. The lowest BCUT2D eigenvalue weighted by Crippen LogP contribution is -2.37. The largest absolute Gasteiger partial charge is 0.493 e. The molecule has 0 spiro atoms. The van der Waals surface area contributed by atoms with Crippen molar-refractivity contribution in [3.05, 3.63) is 40.7 Å². The summed E-state index contributed by atoms with van der Waals surface area (Å²) >= 11 is 0. The zero-order chi connectivity index (χ0) is 21.5. The van der Waals surface area contributed by atoms with E-state index in [4.69, 9.17) is 9.47 Å². The minimum atomic E-state index is -0.226. The van der Waals surface area contributed by atoms with Gasteiger partial charge >= 0.3 is 0 Å². The van der Waals surface area contributed by atoms with Crippen molar-refractivity contribution in [3.8, 4) is 11.5 Å². The van der Waals surface area contributed by atoms with Crippen LogP contribution in [0.3, 0.4) is 0 Å². The molecule has 2 N–H and O–H groups in total. The number of carbonyl (C=O) groups excluding carboxylic acids is 2. The van der Waals surface area contributed by atoms with Crippen molar-refractivity contribution in [1.29, 1.82) is 0 Å². The zero-order valence-corrected chi connectivity index (χ0v) is 17.9. The summed E-state index contributed by atoms with van der Waals surface area (Å²) in [5.41, 5.74) is 3.18. The van der Waals surface area contributed by atoms with E-state index in [0.717, 1.165) is 29.7 Å². The van der Waals surface area contributed by atoms with Crippen molar-refractivity contribution >= 4 is 11.8 Å². The van der Waals surface area contributed by atoms with E-state index in [0.29, 0.717) is 56.1 Å². The first-order valence-electron chi connectivity index (χ1n) is 10.4. The lowest BCUT2D eigenvalue weighted by Gasteiger charge is -2.27. The van der Waals surface area contributed by atoms with Crippen LogP contribution in [-0.2, 0) is 24.2 Å². The average molecular weight is 415 g/mol. The second-order valence-corrected chi connectivity index (χ2v) is 7.39. The number of methoxy groups -OCH3 is 2. The van der Waals surface area contributed by atoms with Crippen LogP contribution in [0.4, 0.5) is 0 Å². The van der Waals surface area contributed by atoms with Gasteiger partial charge in [0.05, 0.1) is 14.2 Å².